The van der Waals surface area contributed by atoms with Crippen LogP contribution in [0.5, 0.6) is 5.75 Å². The lowest BCUT2D eigenvalue weighted by Crippen LogP contribution is -2.39. The summed E-state index contributed by atoms with van der Waals surface area (Å²) in [5.74, 6) is 0.418. The smallest absolute Gasteiger partial charge is 0.122 e. The first-order valence-electron chi connectivity index (χ1n) is 8.50. The van der Waals surface area contributed by atoms with Crippen molar-refractivity contribution in [3.63, 3.8) is 0 Å². The zero-order valence-electron chi connectivity index (χ0n) is 13.7. The minimum atomic E-state index is 0.192. The number of phenolic OH excluding ortho intramolecular Hbond substituents is 1. The maximum Gasteiger partial charge on any atom is 0.122 e. The molecule has 0 aromatic heterocycles. The fourth-order valence-corrected chi connectivity index (χ4v) is 3.47. The Hall–Kier alpha value is -1.22. The average Bonchev–Trinajstić information content (AvgIpc) is 2.48. The molecular weight excluding hydrogens is 260 g/mol. The van der Waals surface area contributed by atoms with Crippen LogP contribution in [0, 0.1) is 0 Å². The van der Waals surface area contributed by atoms with Crippen molar-refractivity contribution in [2.45, 2.75) is 65.0 Å². The van der Waals surface area contributed by atoms with E-state index in [-0.39, 0.29) is 6.04 Å². The number of hydrogen-bond acceptors (Lipinski definition) is 3. The molecular formula is C18H30N2O. The van der Waals surface area contributed by atoms with Crippen LogP contribution in [0.3, 0.4) is 0 Å². The number of benzene rings is 1. The molecule has 0 saturated carbocycles. The maximum atomic E-state index is 10.4. The molecule has 1 saturated heterocycles. The fourth-order valence-electron chi connectivity index (χ4n) is 3.47. The van der Waals surface area contributed by atoms with Gasteiger partial charge in [0.05, 0.1) is 0 Å². The van der Waals surface area contributed by atoms with Crippen LogP contribution < -0.4 is 10.2 Å². The van der Waals surface area contributed by atoms with Gasteiger partial charge in [-0.2, -0.15) is 0 Å². The first kappa shape index (κ1) is 16.2. The highest BCUT2D eigenvalue weighted by molar-refractivity contribution is 5.55. The predicted octanol–water partition coefficient (Wildman–Crippen LogP) is 4.22. The second-order valence-electron chi connectivity index (χ2n) is 6.15. The SMILES string of the molecule is CCCC1CCCCN1c1ccc(C(C)NCC)c(O)c1. The van der Waals surface area contributed by atoms with Crippen LogP contribution in [0.4, 0.5) is 5.69 Å². The second kappa shape index (κ2) is 7.69. The van der Waals surface area contributed by atoms with Crippen LogP contribution >= 0.6 is 0 Å². The Labute approximate surface area is 129 Å². The van der Waals surface area contributed by atoms with Crippen molar-refractivity contribution in [3.8, 4) is 5.75 Å². The molecule has 1 aromatic rings. The van der Waals surface area contributed by atoms with Gasteiger partial charge in [-0.05, 0) is 45.2 Å². The Morgan fingerprint density at radius 1 is 1.33 bits per heavy atom. The monoisotopic (exact) mass is 290 g/mol. The van der Waals surface area contributed by atoms with Gasteiger partial charge in [0, 0.05) is 35.9 Å². The molecule has 2 rings (SSSR count). The molecule has 3 heteroatoms. The molecule has 1 aliphatic rings. The van der Waals surface area contributed by atoms with Crippen molar-refractivity contribution in [3.05, 3.63) is 23.8 Å². The van der Waals surface area contributed by atoms with Crippen LogP contribution in [0.1, 0.15) is 64.5 Å². The largest absolute Gasteiger partial charge is 0.508 e. The predicted molar refractivity (Wildman–Crippen MR) is 90.1 cm³/mol. The zero-order chi connectivity index (χ0) is 15.2. The second-order valence-corrected chi connectivity index (χ2v) is 6.15. The van der Waals surface area contributed by atoms with Gasteiger partial charge in [0.25, 0.3) is 0 Å². The third-order valence-electron chi connectivity index (χ3n) is 4.57. The highest BCUT2D eigenvalue weighted by Gasteiger charge is 2.22. The molecule has 1 aromatic carbocycles. The lowest BCUT2D eigenvalue weighted by atomic mass is 9.97. The van der Waals surface area contributed by atoms with E-state index in [4.69, 9.17) is 0 Å². The van der Waals surface area contributed by atoms with Crippen molar-refractivity contribution >= 4 is 5.69 Å². The molecule has 0 spiro atoms. The summed E-state index contributed by atoms with van der Waals surface area (Å²) in [5.41, 5.74) is 2.17. The van der Waals surface area contributed by atoms with Gasteiger partial charge in [0.2, 0.25) is 0 Å². The number of piperidine rings is 1. The quantitative estimate of drug-likeness (QED) is 0.823. The van der Waals surface area contributed by atoms with Crippen molar-refractivity contribution in [2.24, 2.45) is 0 Å². The number of rotatable bonds is 6. The Bertz CT molecular complexity index is 445. The van der Waals surface area contributed by atoms with Gasteiger partial charge < -0.3 is 15.3 Å². The molecule has 118 valence electrons. The van der Waals surface area contributed by atoms with Gasteiger partial charge in [-0.1, -0.05) is 26.3 Å². The maximum absolute atomic E-state index is 10.4. The third kappa shape index (κ3) is 3.91. The summed E-state index contributed by atoms with van der Waals surface area (Å²) in [6.07, 6.45) is 6.35. The number of nitrogens with one attached hydrogen (secondary N) is 1. The molecule has 2 N–H and O–H groups in total. The Morgan fingerprint density at radius 3 is 2.81 bits per heavy atom. The summed E-state index contributed by atoms with van der Waals surface area (Å²) in [7, 11) is 0. The molecule has 0 aliphatic carbocycles. The highest BCUT2D eigenvalue weighted by atomic mass is 16.3. The summed E-state index contributed by atoms with van der Waals surface area (Å²) >= 11 is 0. The number of nitrogens with zero attached hydrogens (tertiary/aromatic N) is 1. The lowest BCUT2D eigenvalue weighted by Gasteiger charge is -2.38. The number of anilines is 1. The van der Waals surface area contributed by atoms with Gasteiger partial charge in [-0.15, -0.1) is 0 Å². The molecule has 1 aliphatic heterocycles. The van der Waals surface area contributed by atoms with Gasteiger partial charge in [-0.3, -0.25) is 0 Å². The van der Waals surface area contributed by atoms with Crippen molar-refractivity contribution in [2.75, 3.05) is 18.0 Å². The number of phenols is 1. The summed E-state index contributed by atoms with van der Waals surface area (Å²) < 4.78 is 0. The van der Waals surface area contributed by atoms with E-state index < -0.39 is 0 Å². The van der Waals surface area contributed by atoms with E-state index in [1.54, 1.807) is 0 Å². The highest BCUT2D eigenvalue weighted by Crippen LogP contribution is 2.33. The van der Waals surface area contributed by atoms with Crippen molar-refractivity contribution < 1.29 is 5.11 Å². The van der Waals surface area contributed by atoms with E-state index in [1.807, 2.05) is 6.07 Å². The molecule has 2 atom stereocenters. The van der Waals surface area contributed by atoms with E-state index in [2.05, 4.69) is 43.1 Å². The fraction of sp³-hybridized carbons (Fsp3) is 0.667. The summed E-state index contributed by atoms with van der Waals surface area (Å²) in [5, 5.41) is 13.7. The lowest BCUT2D eigenvalue weighted by molar-refractivity contribution is 0.431. The Kier molecular flexibility index (Phi) is 5.92. The number of hydrogen-bond donors (Lipinski definition) is 2. The standard InChI is InChI=1S/C18H30N2O/c1-4-8-15-9-6-7-12-20(15)16-10-11-17(18(21)13-16)14(3)19-5-2/h10-11,13-15,19,21H,4-9,12H2,1-3H3. The van der Waals surface area contributed by atoms with Crippen LogP contribution in [-0.4, -0.2) is 24.2 Å². The van der Waals surface area contributed by atoms with Crippen molar-refractivity contribution in [1.82, 2.24) is 5.32 Å². The van der Waals surface area contributed by atoms with Crippen molar-refractivity contribution in [1.29, 1.82) is 0 Å². The van der Waals surface area contributed by atoms with Crippen LogP contribution in [0.2, 0.25) is 0 Å². The summed E-state index contributed by atoms with van der Waals surface area (Å²) in [6.45, 7) is 8.47. The van der Waals surface area contributed by atoms with Crippen LogP contribution in [0.25, 0.3) is 0 Å². The van der Waals surface area contributed by atoms with E-state index in [0.717, 1.165) is 18.7 Å². The van der Waals surface area contributed by atoms with E-state index in [0.29, 0.717) is 11.8 Å². The van der Waals surface area contributed by atoms with E-state index >= 15 is 0 Å². The molecule has 0 radical (unpaired) electrons. The molecule has 2 unspecified atom stereocenters. The first-order chi connectivity index (χ1) is 10.2. The third-order valence-corrected chi connectivity index (χ3v) is 4.57. The molecule has 0 bridgehead atoms. The topological polar surface area (TPSA) is 35.5 Å². The van der Waals surface area contributed by atoms with Gasteiger partial charge >= 0.3 is 0 Å². The van der Waals surface area contributed by atoms with Gasteiger partial charge in [0.1, 0.15) is 5.75 Å². The van der Waals surface area contributed by atoms with Gasteiger partial charge in [-0.25, -0.2) is 0 Å². The van der Waals surface area contributed by atoms with Gasteiger partial charge in [0.15, 0.2) is 0 Å². The zero-order valence-corrected chi connectivity index (χ0v) is 13.7. The first-order valence-corrected chi connectivity index (χ1v) is 8.50. The Balaban J connectivity index is 2.17. The molecule has 3 nitrogen and oxygen atoms in total. The summed E-state index contributed by atoms with van der Waals surface area (Å²) in [4.78, 5) is 2.49. The molecule has 0 amide bonds. The number of aromatic hydroxyl groups is 1. The molecule has 1 fully saturated rings. The normalized spacial score (nSPS) is 20.5. The molecule has 21 heavy (non-hydrogen) atoms. The average molecular weight is 290 g/mol. The van der Waals surface area contributed by atoms with Crippen LogP contribution in [0.15, 0.2) is 18.2 Å². The van der Waals surface area contributed by atoms with Crippen LogP contribution in [-0.2, 0) is 0 Å². The van der Waals surface area contributed by atoms with E-state index in [9.17, 15) is 5.11 Å². The molecule has 1 heterocycles. The summed E-state index contributed by atoms with van der Waals surface area (Å²) in [6, 6.07) is 7.04. The Morgan fingerprint density at radius 2 is 2.14 bits per heavy atom. The minimum Gasteiger partial charge on any atom is -0.508 e. The van der Waals surface area contributed by atoms with E-state index in [1.165, 1.54) is 37.8 Å². The minimum absolute atomic E-state index is 0.192.